The third-order valence-corrected chi connectivity index (χ3v) is 5.29. The normalized spacial score (nSPS) is 10.9. The van der Waals surface area contributed by atoms with E-state index in [1.54, 1.807) is 37.4 Å². The number of benzene rings is 1. The first-order valence-electron chi connectivity index (χ1n) is 11.3. The maximum absolute atomic E-state index is 9.38. The minimum Gasteiger partial charge on any atom is -0.494 e. The standard InChI is InChI=1S/C24H24N10O3/c1-13-8-20(28-14(2)27-13)30-19-9-18(16(10-25-19)24-32-31-21(11-35)37-24)29-17-7-5-6-15(22(17)36-4)23-26-12-34(3)33-23/h5-10,12,35H,11H2,1-4H3,(H2,25,27,28,29,30). The second kappa shape index (κ2) is 9.99. The van der Waals surface area contributed by atoms with Crippen LogP contribution in [0.5, 0.6) is 5.75 Å². The number of ether oxygens (including phenoxy) is 1. The molecule has 1 aromatic carbocycles. The van der Waals surface area contributed by atoms with E-state index in [1.807, 2.05) is 38.1 Å². The number of nitrogens with one attached hydrogen (secondary N) is 2. The van der Waals surface area contributed by atoms with E-state index >= 15 is 0 Å². The molecule has 188 valence electrons. The van der Waals surface area contributed by atoms with Gasteiger partial charge in [0.15, 0.2) is 11.6 Å². The minimum absolute atomic E-state index is 0.0934. The van der Waals surface area contributed by atoms with Crippen LogP contribution in [0.25, 0.3) is 22.8 Å². The summed E-state index contributed by atoms with van der Waals surface area (Å²) in [7, 11) is 3.38. The van der Waals surface area contributed by atoms with Gasteiger partial charge in [0.05, 0.1) is 29.6 Å². The van der Waals surface area contributed by atoms with Crippen molar-refractivity contribution in [3.63, 3.8) is 0 Å². The molecular weight excluding hydrogens is 476 g/mol. The molecule has 13 heteroatoms. The number of anilines is 4. The second-order valence-electron chi connectivity index (χ2n) is 8.09. The highest BCUT2D eigenvalue weighted by Gasteiger charge is 2.19. The first-order chi connectivity index (χ1) is 17.9. The molecular formula is C24H24N10O3. The van der Waals surface area contributed by atoms with Gasteiger partial charge in [0, 0.05) is 31.1 Å². The van der Waals surface area contributed by atoms with Crippen molar-refractivity contribution in [3.05, 3.63) is 60.3 Å². The van der Waals surface area contributed by atoms with Gasteiger partial charge in [-0.1, -0.05) is 6.07 Å². The average Bonchev–Trinajstić information content (AvgIpc) is 3.52. The molecule has 37 heavy (non-hydrogen) atoms. The molecule has 0 bridgehead atoms. The van der Waals surface area contributed by atoms with E-state index in [1.165, 1.54) is 0 Å². The lowest BCUT2D eigenvalue weighted by atomic mass is 10.1. The summed E-state index contributed by atoms with van der Waals surface area (Å²) in [6.07, 6.45) is 3.22. The molecule has 4 aromatic heterocycles. The Morgan fingerprint density at radius 3 is 2.57 bits per heavy atom. The first kappa shape index (κ1) is 23.8. The maximum atomic E-state index is 9.38. The number of aromatic nitrogens is 8. The van der Waals surface area contributed by atoms with Crippen molar-refractivity contribution < 1.29 is 14.3 Å². The first-order valence-corrected chi connectivity index (χ1v) is 11.3. The smallest absolute Gasteiger partial charge is 0.251 e. The Bertz CT molecular complexity index is 1540. The number of para-hydroxylation sites is 1. The van der Waals surface area contributed by atoms with Crippen LogP contribution >= 0.6 is 0 Å². The van der Waals surface area contributed by atoms with E-state index in [-0.39, 0.29) is 18.4 Å². The van der Waals surface area contributed by atoms with Crippen LogP contribution in [0, 0.1) is 13.8 Å². The van der Waals surface area contributed by atoms with Crippen LogP contribution in [0.1, 0.15) is 17.4 Å². The zero-order valence-electron chi connectivity index (χ0n) is 20.6. The van der Waals surface area contributed by atoms with Crippen molar-refractivity contribution in [3.8, 4) is 28.6 Å². The van der Waals surface area contributed by atoms with Crippen LogP contribution in [-0.4, -0.2) is 52.1 Å². The van der Waals surface area contributed by atoms with Crippen LogP contribution in [-0.2, 0) is 13.7 Å². The fourth-order valence-corrected chi connectivity index (χ4v) is 3.78. The molecule has 0 spiro atoms. The largest absolute Gasteiger partial charge is 0.494 e. The summed E-state index contributed by atoms with van der Waals surface area (Å²) in [6.45, 7) is 3.35. The van der Waals surface area contributed by atoms with Crippen molar-refractivity contribution in [1.29, 1.82) is 0 Å². The number of pyridine rings is 1. The summed E-state index contributed by atoms with van der Waals surface area (Å²) in [5, 5.41) is 28.3. The van der Waals surface area contributed by atoms with Gasteiger partial charge in [0.2, 0.25) is 5.89 Å². The molecule has 0 saturated heterocycles. The van der Waals surface area contributed by atoms with Crippen LogP contribution < -0.4 is 15.4 Å². The van der Waals surface area contributed by atoms with E-state index < -0.39 is 0 Å². The Morgan fingerprint density at radius 1 is 1.00 bits per heavy atom. The van der Waals surface area contributed by atoms with Gasteiger partial charge in [-0.25, -0.2) is 19.9 Å². The van der Waals surface area contributed by atoms with Crippen molar-refractivity contribution >= 4 is 23.0 Å². The topological polar surface area (TPSA) is 162 Å². The van der Waals surface area contributed by atoms with Gasteiger partial charge in [-0.3, -0.25) is 4.68 Å². The quantitative estimate of drug-likeness (QED) is 0.285. The van der Waals surface area contributed by atoms with Crippen molar-refractivity contribution in [2.45, 2.75) is 20.5 Å². The minimum atomic E-state index is -0.373. The van der Waals surface area contributed by atoms with E-state index in [0.29, 0.717) is 51.5 Å². The van der Waals surface area contributed by atoms with Gasteiger partial charge >= 0.3 is 0 Å². The van der Waals surface area contributed by atoms with Crippen LogP contribution in [0.3, 0.4) is 0 Å². The van der Waals surface area contributed by atoms with Crippen molar-refractivity contribution in [2.24, 2.45) is 7.05 Å². The summed E-state index contributed by atoms with van der Waals surface area (Å²) < 4.78 is 13.0. The summed E-state index contributed by atoms with van der Waals surface area (Å²) in [6, 6.07) is 9.24. The summed E-state index contributed by atoms with van der Waals surface area (Å²) >= 11 is 0. The predicted molar refractivity (Wildman–Crippen MR) is 135 cm³/mol. The van der Waals surface area contributed by atoms with Gasteiger partial charge in [-0.15, -0.1) is 10.2 Å². The number of aliphatic hydroxyl groups excluding tert-OH is 1. The summed E-state index contributed by atoms with van der Waals surface area (Å²) in [5.41, 5.74) is 3.32. The zero-order valence-corrected chi connectivity index (χ0v) is 20.6. The van der Waals surface area contributed by atoms with Gasteiger partial charge in [0.1, 0.15) is 30.4 Å². The number of methoxy groups -OCH3 is 1. The van der Waals surface area contributed by atoms with Crippen molar-refractivity contribution in [1.82, 2.24) is 39.9 Å². The molecule has 0 aliphatic rings. The number of hydrogen-bond donors (Lipinski definition) is 3. The molecule has 13 nitrogen and oxygen atoms in total. The molecule has 0 saturated carbocycles. The Morgan fingerprint density at radius 2 is 1.86 bits per heavy atom. The van der Waals surface area contributed by atoms with Crippen LogP contribution in [0.2, 0.25) is 0 Å². The highest BCUT2D eigenvalue weighted by molar-refractivity contribution is 5.84. The van der Waals surface area contributed by atoms with E-state index in [9.17, 15) is 5.11 Å². The lowest BCUT2D eigenvalue weighted by molar-refractivity contribution is 0.241. The summed E-state index contributed by atoms with van der Waals surface area (Å²) in [4.78, 5) is 17.6. The Kier molecular flexibility index (Phi) is 6.43. The maximum Gasteiger partial charge on any atom is 0.251 e. The van der Waals surface area contributed by atoms with Crippen LogP contribution in [0.15, 0.2) is 47.3 Å². The molecule has 0 amide bonds. The van der Waals surface area contributed by atoms with Gasteiger partial charge < -0.3 is 24.9 Å². The predicted octanol–water partition coefficient (Wildman–Crippen LogP) is 3.32. The fraction of sp³-hybridized carbons (Fsp3) is 0.208. The fourth-order valence-electron chi connectivity index (χ4n) is 3.78. The monoisotopic (exact) mass is 500 g/mol. The Balaban J connectivity index is 1.57. The number of aryl methyl sites for hydroxylation is 3. The van der Waals surface area contributed by atoms with Gasteiger partial charge in [0.25, 0.3) is 5.89 Å². The van der Waals surface area contributed by atoms with E-state index in [4.69, 9.17) is 9.15 Å². The molecule has 0 aliphatic carbocycles. The third kappa shape index (κ3) is 5.06. The molecule has 0 aliphatic heterocycles. The molecule has 3 N–H and O–H groups in total. The highest BCUT2D eigenvalue weighted by atomic mass is 16.5. The number of aliphatic hydroxyl groups is 1. The molecule has 0 radical (unpaired) electrons. The molecule has 0 unspecified atom stereocenters. The number of rotatable bonds is 8. The molecule has 5 rings (SSSR count). The average molecular weight is 501 g/mol. The number of nitrogens with zero attached hydrogens (tertiary/aromatic N) is 8. The zero-order chi connectivity index (χ0) is 25.9. The third-order valence-electron chi connectivity index (χ3n) is 5.29. The SMILES string of the molecule is COc1c(Nc2cc(Nc3cc(C)nc(C)n3)ncc2-c2nnc(CO)o2)cccc1-c1ncn(C)n1. The van der Waals surface area contributed by atoms with Gasteiger partial charge in [-0.2, -0.15) is 5.10 Å². The van der Waals surface area contributed by atoms with E-state index in [0.717, 1.165) is 5.69 Å². The summed E-state index contributed by atoms with van der Waals surface area (Å²) in [5.74, 6) is 3.14. The lowest BCUT2D eigenvalue weighted by Crippen LogP contribution is -2.03. The highest BCUT2D eigenvalue weighted by Crippen LogP contribution is 2.39. The Labute approximate surface area is 211 Å². The van der Waals surface area contributed by atoms with Crippen molar-refractivity contribution in [2.75, 3.05) is 17.7 Å². The molecule has 0 atom stereocenters. The Hall–Kier alpha value is -4.91. The van der Waals surface area contributed by atoms with Crippen LogP contribution in [0.4, 0.5) is 23.0 Å². The molecule has 5 aromatic rings. The van der Waals surface area contributed by atoms with E-state index in [2.05, 4.69) is 45.9 Å². The number of hydrogen-bond acceptors (Lipinski definition) is 12. The molecule has 4 heterocycles. The molecule has 0 fully saturated rings. The lowest BCUT2D eigenvalue weighted by Gasteiger charge is -2.16. The second-order valence-corrected chi connectivity index (χ2v) is 8.09. The van der Waals surface area contributed by atoms with Gasteiger partial charge in [-0.05, 0) is 26.0 Å².